The Morgan fingerprint density at radius 2 is 1.47 bits per heavy atom. The fraction of sp³-hybridized carbons (Fsp3) is 0.550. The van der Waals surface area contributed by atoms with E-state index >= 15 is 0 Å². The number of carbonyl (C=O) groups excluding carboxylic acids is 1. The molecule has 218 valence electrons. The zero-order chi connectivity index (χ0) is 30.2. The van der Waals surface area contributed by atoms with Crippen LogP contribution >= 0.6 is 23.2 Å². The van der Waals surface area contributed by atoms with Crippen molar-refractivity contribution in [2.45, 2.75) is 37.8 Å². The first-order valence-electron chi connectivity index (χ1n) is 10.3. The number of nitrogens with zero attached hydrogens (tertiary/aromatic N) is 1. The van der Waals surface area contributed by atoms with Crippen LogP contribution in [0, 0.1) is 11.8 Å². The van der Waals surface area contributed by atoms with Crippen LogP contribution in [0.5, 0.6) is 5.75 Å². The number of nitrogens with two attached hydrogens (primary N) is 1. The number of benzene rings is 1. The number of alkyl halides is 6. The number of halogens is 8. The van der Waals surface area contributed by atoms with Crippen molar-refractivity contribution in [2.75, 3.05) is 19.7 Å². The van der Waals surface area contributed by atoms with Crippen LogP contribution in [0.25, 0.3) is 0 Å². The third kappa shape index (κ3) is 11.1. The van der Waals surface area contributed by atoms with Crippen LogP contribution < -0.4 is 5.73 Å². The lowest BCUT2D eigenvalue weighted by Crippen LogP contribution is -2.49. The summed E-state index contributed by atoms with van der Waals surface area (Å²) >= 11 is 11.9. The number of aromatic hydroxyl groups is 1. The van der Waals surface area contributed by atoms with Gasteiger partial charge in [0.15, 0.2) is 6.10 Å². The molecule has 0 aliphatic carbocycles. The number of hydrogen-bond donors (Lipinski definition) is 6. The Bertz CT molecular complexity index is 956. The number of aliphatic hydroxyl groups is 2. The van der Waals surface area contributed by atoms with Crippen molar-refractivity contribution in [3.8, 4) is 5.75 Å². The third-order valence-electron chi connectivity index (χ3n) is 5.12. The van der Waals surface area contributed by atoms with Gasteiger partial charge in [-0.1, -0.05) is 30.1 Å². The van der Waals surface area contributed by atoms with E-state index in [-0.39, 0.29) is 22.6 Å². The summed E-state index contributed by atoms with van der Waals surface area (Å²) in [5, 5.41) is 43.3. The molecule has 7 N–H and O–H groups in total. The number of aliphatic hydroxyl groups excluding tert-OH is 2. The van der Waals surface area contributed by atoms with E-state index < -0.39 is 49.0 Å². The van der Waals surface area contributed by atoms with Gasteiger partial charge in [0.05, 0.1) is 16.7 Å². The van der Waals surface area contributed by atoms with Gasteiger partial charge in [-0.3, -0.25) is 4.79 Å². The van der Waals surface area contributed by atoms with Gasteiger partial charge in [0.1, 0.15) is 5.75 Å². The fourth-order valence-electron chi connectivity index (χ4n) is 3.24. The number of piperidine rings is 1. The molecule has 1 aromatic carbocycles. The highest BCUT2D eigenvalue weighted by molar-refractivity contribution is 6.42. The monoisotopic (exact) mass is 604 g/mol. The van der Waals surface area contributed by atoms with Crippen LogP contribution in [0.15, 0.2) is 12.1 Å². The summed E-state index contributed by atoms with van der Waals surface area (Å²) < 4.78 is 63.5. The maximum atomic E-state index is 12.0. The maximum absolute atomic E-state index is 12.0. The van der Waals surface area contributed by atoms with Crippen molar-refractivity contribution in [1.82, 2.24) is 4.90 Å². The topological polar surface area (TPSA) is 182 Å². The number of rotatable bonds is 4. The first-order chi connectivity index (χ1) is 17.1. The third-order valence-corrected chi connectivity index (χ3v) is 5.84. The van der Waals surface area contributed by atoms with Crippen LogP contribution in [-0.4, -0.2) is 86.4 Å². The van der Waals surface area contributed by atoms with E-state index in [2.05, 4.69) is 0 Å². The van der Waals surface area contributed by atoms with Crippen molar-refractivity contribution in [3.63, 3.8) is 0 Å². The van der Waals surface area contributed by atoms with Crippen LogP contribution in [0.4, 0.5) is 26.3 Å². The number of carbonyl (C=O) groups is 3. The highest BCUT2D eigenvalue weighted by Gasteiger charge is 2.39. The van der Waals surface area contributed by atoms with Crippen LogP contribution in [-0.2, 0) is 14.4 Å². The predicted molar refractivity (Wildman–Crippen MR) is 119 cm³/mol. The van der Waals surface area contributed by atoms with Crippen molar-refractivity contribution in [2.24, 2.45) is 17.6 Å². The smallest absolute Gasteiger partial charge is 0.490 e. The SMILES string of the molecule is C[C@@H]1CN(C(=O)[C@H](O)CO)CC[C@@H]1[C@@H](N)c1cc(Cl)c(Cl)cc1O.O=C(O)C(F)(F)F.O=C(O)C(F)(F)F. The largest absolute Gasteiger partial charge is 0.508 e. The van der Waals surface area contributed by atoms with Gasteiger partial charge in [-0.2, -0.15) is 26.3 Å². The number of phenols is 1. The first-order valence-corrected chi connectivity index (χ1v) is 11.0. The molecular weight excluding hydrogens is 581 g/mol. The lowest BCUT2D eigenvalue weighted by atomic mass is 9.79. The van der Waals surface area contributed by atoms with Gasteiger partial charge >= 0.3 is 24.3 Å². The Kier molecular flexibility index (Phi) is 13.6. The summed E-state index contributed by atoms with van der Waals surface area (Å²) in [7, 11) is 0. The van der Waals surface area contributed by atoms with Crippen LogP contribution in [0.1, 0.15) is 24.9 Å². The molecule has 0 bridgehead atoms. The van der Waals surface area contributed by atoms with E-state index in [0.717, 1.165) is 0 Å². The average molecular weight is 605 g/mol. The summed E-state index contributed by atoms with van der Waals surface area (Å²) in [5.74, 6) is -5.91. The van der Waals surface area contributed by atoms with E-state index in [4.69, 9.17) is 53.8 Å². The Morgan fingerprint density at radius 1 is 1.05 bits per heavy atom. The molecular formula is C20H24Cl2F6N2O8. The highest BCUT2D eigenvalue weighted by Crippen LogP contribution is 2.39. The lowest BCUT2D eigenvalue weighted by molar-refractivity contribution is -0.193. The molecule has 0 radical (unpaired) electrons. The average Bonchev–Trinajstić information content (AvgIpc) is 2.79. The minimum absolute atomic E-state index is 0.00157. The molecule has 1 amide bonds. The molecule has 1 aromatic rings. The Balaban J connectivity index is 0.000000804. The minimum Gasteiger partial charge on any atom is -0.508 e. The molecule has 0 unspecified atom stereocenters. The lowest BCUT2D eigenvalue weighted by Gasteiger charge is -2.40. The van der Waals surface area contributed by atoms with Crippen LogP contribution in [0.2, 0.25) is 10.0 Å². The second-order valence-corrected chi connectivity index (χ2v) is 8.68. The normalized spacial score (nSPS) is 19.2. The van der Waals surface area contributed by atoms with Crippen molar-refractivity contribution in [1.29, 1.82) is 0 Å². The number of hydrogen-bond acceptors (Lipinski definition) is 7. The summed E-state index contributed by atoms with van der Waals surface area (Å²) in [6, 6.07) is 2.50. The van der Waals surface area contributed by atoms with Gasteiger partial charge in [-0.15, -0.1) is 0 Å². The molecule has 1 aliphatic rings. The summed E-state index contributed by atoms with van der Waals surface area (Å²) in [5.41, 5.74) is 6.86. The van der Waals surface area contributed by atoms with Crippen LogP contribution in [0.3, 0.4) is 0 Å². The first kappa shape index (κ1) is 35.5. The summed E-state index contributed by atoms with van der Waals surface area (Å²) in [6.45, 7) is 2.23. The summed E-state index contributed by atoms with van der Waals surface area (Å²) in [4.78, 5) is 31.3. The molecule has 18 heteroatoms. The van der Waals surface area contributed by atoms with Gasteiger partial charge in [0.25, 0.3) is 5.91 Å². The molecule has 0 spiro atoms. The number of likely N-dealkylation sites (tertiary alicyclic amines) is 1. The zero-order valence-corrected chi connectivity index (χ0v) is 20.8. The molecule has 2 rings (SSSR count). The predicted octanol–water partition coefficient (Wildman–Crippen LogP) is 2.80. The van der Waals surface area contributed by atoms with Gasteiger partial charge < -0.3 is 36.2 Å². The van der Waals surface area contributed by atoms with Gasteiger partial charge in [-0.05, 0) is 24.3 Å². The Labute approximate surface area is 221 Å². The number of aliphatic carboxylic acids is 2. The van der Waals surface area contributed by atoms with Gasteiger partial charge in [-0.25, -0.2) is 9.59 Å². The quantitative estimate of drug-likeness (QED) is 0.281. The standard InChI is InChI=1S/C16H22Cl2N2O4.2C2HF3O2/c1-8-6-20(16(24)14(23)7-21)3-2-9(8)15(19)10-4-11(17)12(18)5-13(10)22;2*3-2(4,5)1(6)7/h4-5,8-9,14-15,21-23H,2-3,6-7,19H2,1H3;2*(H,6,7)/t8-,9+,14-,15-;;/m1../s1. The molecule has 4 atom stereocenters. The number of amides is 1. The molecule has 0 saturated carbocycles. The number of phenolic OH excluding ortho intramolecular Hbond substituents is 1. The minimum atomic E-state index is -5.08. The van der Waals surface area contributed by atoms with Crippen molar-refractivity contribution >= 4 is 41.0 Å². The molecule has 0 aromatic heterocycles. The Morgan fingerprint density at radius 3 is 1.84 bits per heavy atom. The molecule has 1 aliphatic heterocycles. The molecule has 1 heterocycles. The van der Waals surface area contributed by atoms with E-state index in [0.29, 0.717) is 30.1 Å². The van der Waals surface area contributed by atoms with E-state index in [1.54, 1.807) is 6.07 Å². The molecule has 1 saturated heterocycles. The molecule has 38 heavy (non-hydrogen) atoms. The van der Waals surface area contributed by atoms with Gasteiger partial charge in [0, 0.05) is 30.8 Å². The second-order valence-electron chi connectivity index (χ2n) is 7.87. The van der Waals surface area contributed by atoms with E-state index in [9.17, 15) is 41.4 Å². The summed E-state index contributed by atoms with van der Waals surface area (Å²) in [6.07, 6.45) is -10.9. The van der Waals surface area contributed by atoms with Gasteiger partial charge in [0.2, 0.25) is 0 Å². The van der Waals surface area contributed by atoms with E-state index in [1.165, 1.54) is 11.0 Å². The number of carboxylic acid groups (broad SMARTS) is 2. The molecule has 10 nitrogen and oxygen atoms in total. The molecule has 1 fully saturated rings. The maximum Gasteiger partial charge on any atom is 0.490 e. The van der Waals surface area contributed by atoms with Crippen molar-refractivity contribution in [3.05, 3.63) is 27.7 Å². The highest BCUT2D eigenvalue weighted by atomic mass is 35.5. The zero-order valence-electron chi connectivity index (χ0n) is 19.3. The van der Waals surface area contributed by atoms with Crippen molar-refractivity contribution < 1.29 is 66.3 Å². The number of carboxylic acids is 2. The Hall–Kier alpha value is -2.53. The fourth-order valence-corrected chi connectivity index (χ4v) is 3.57. The van der Waals surface area contributed by atoms with E-state index in [1.807, 2.05) is 6.92 Å². The second kappa shape index (κ2) is 14.6.